The van der Waals surface area contributed by atoms with Gasteiger partial charge in [-0.3, -0.25) is 9.59 Å². The topological polar surface area (TPSA) is 95.8 Å². The Morgan fingerprint density at radius 1 is 0.895 bits per heavy atom. The Hall–Kier alpha value is -3.80. The number of hydrogen-bond acceptors (Lipinski definition) is 4. The lowest BCUT2D eigenvalue weighted by Crippen LogP contribution is -2.26. The molecule has 0 radical (unpaired) electrons. The van der Waals surface area contributed by atoms with Crippen molar-refractivity contribution in [2.45, 2.75) is 65.3 Å². The second-order valence-corrected chi connectivity index (χ2v) is 10.6. The van der Waals surface area contributed by atoms with E-state index in [0.717, 1.165) is 40.7 Å². The Balaban J connectivity index is 1.81. The van der Waals surface area contributed by atoms with Crippen molar-refractivity contribution in [1.29, 1.82) is 0 Å². The first-order valence-corrected chi connectivity index (χ1v) is 13.3. The first kappa shape index (κ1) is 28.8. The zero-order valence-corrected chi connectivity index (χ0v) is 22.7. The van der Waals surface area contributed by atoms with Gasteiger partial charge in [-0.1, -0.05) is 87.5 Å². The summed E-state index contributed by atoms with van der Waals surface area (Å²) in [4.78, 5) is 34.3. The van der Waals surface area contributed by atoms with Crippen LogP contribution in [0.2, 0.25) is 0 Å². The van der Waals surface area contributed by atoms with Crippen molar-refractivity contribution in [2.75, 3.05) is 6.54 Å². The number of nitrogens with zero attached hydrogens (tertiary/aromatic N) is 1. The minimum absolute atomic E-state index is 0.0989. The Labute approximate surface area is 225 Å². The third-order valence-electron chi connectivity index (χ3n) is 6.80. The number of carboxylic acids is 1. The van der Waals surface area contributed by atoms with Gasteiger partial charge in [0, 0.05) is 12.1 Å². The third-order valence-corrected chi connectivity index (χ3v) is 6.80. The predicted molar refractivity (Wildman–Crippen MR) is 152 cm³/mol. The summed E-state index contributed by atoms with van der Waals surface area (Å²) in [6, 6.07) is 22.4. The van der Waals surface area contributed by atoms with Gasteiger partial charge in [-0.2, -0.15) is 4.91 Å². The van der Waals surface area contributed by atoms with Crippen LogP contribution in [0, 0.1) is 10.8 Å². The summed E-state index contributed by atoms with van der Waals surface area (Å²) in [7, 11) is 0. The lowest BCUT2D eigenvalue weighted by atomic mass is 9.84. The molecule has 0 aliphatic rings. The van der Waals surface area contributed by atoms with Crippen LogP contribution in [-0.2, 0) is 17.8 Å². The lowest BCUT2D eigenvalue weighted by molar-refractivity contribution is -0.136. The number of rotatable bonds is 13. The van der Waals surface area contributed by atoms with Gasteiger partial charge in [0.2, 0.25) is 0 Å². The normalized spacial score (nSPS) is 11.9. The number of carboxylic acid groups (broad SMARTS) is 1. The van der Waals surface area contributed by atoms with Gasteiger partial charge in [0.15, 0.2) is 0 Å². The van der Waals surface area contributed by atoms with Crippen molar-refractivity contribution in [3.05, 3.63) is 99.5 Å². The Morgan fingerprint density at radius 2 is 1.55 bits per heavy atom. The lowest BCUT2D eigenvalue weighted by Gasteiger charge is -2.21. The standard InChI is InChI=1S/C32H38N2O4/c1-21(2)17-28(25-8-12-27(13-9-25)32(37)33-16-15-31(35)36)18-23-5-14-30(29(19-23)20-34-38)26-10-6-24(7-11-26)22(3)4/h5-14,19,21-22,28H,15-18,20H2,1-4H3,(H,33,37)(H,35,36). The molecule has 0 spiro atoms. The molecule has 6 heteroatoms. The molecule has 1 atom stereocenters. The van der Waals surface area contributed by atoms with Crippen molar-refractivity contribution in [3.8, 4) is 11.1 Å². The highest BCUT2D eigenvalue weighted by molar-refractivity contribution is 5.94. The fourth-order valence-corrected chi connectivity index (χ4v) is 4.79. The maximum absolute atomic E-state index is 12.3. The maximum Gasteiger partial charge on any atom is 0.305 e. The van der Waals surface area contributed by atoms with Gasteiger partial charge >= 0.3 is 5.97 Å². The molecule has 200 valence electrons. The van der Waals surface area contributed by atoms with Gasteiger partial charge in [0.25, 0.3) is 5.91 Å². The van der Waals surface area contributed by atoms with Crippen LogP contribution in [0.25, 0.3) is 11.1 Å². The first-order chi connectivity index (χ1) is 18.2. The summed E-state index contributed by atoms with van der Waals surface area (Å²) >= 11 is 0. The molecule has 0 heterocycles. The highest BCUT2D eigenvalue weighted by atomic mass is 16.4. The average molecular weight is 515 g/mol. The van der Waals surface area contributed by atoms with Crippen LogP contribution in [0.3, 0.4) is 0 Å². The molecule has 1 amide bonds. The monoisotopic (exact) mass is 514 g/mol. The molecule has 1 unspecified atom stereocenters. The molecule has 0 saturated carbocycles. The van der Waals surface area contributed by atoms with E-state index >= 15 is 0 Å². The molecule has 6 nitrogen and oxygen atoms in total. The zero-order valence-electron chi connectivity index (χ0n) is 22.7. The molecule has 0 bridgehead atoms. The number of carbonyl (C=O) groups excluding carboxylic acids is 1. The highest BCUT2D eigenvalue weighted by Gasteiger charge is 2.17. The molecule has 3 rings (SSSR count). The third kappa shape index (κ3) is 8.10. The van der Waals surface area contributed by atoms with Crippen molar-refractivity contribution >= 4 is 11.9 Å². The predicted octanol–water partition coefficient (Wildman–Crippen LogP) is 7.32. The van der Waals surface area contributed by atoms with Gasteiger partial charge in [-0.25, -0.2) is 0 Å². The summed E-state index contributed by atoms with van der Waals surface area (Å²) in [5.74, 6) is -0.0375. The fourth-order valence-electron chi connectivity index (χ4n) is 4.79. The Bertz CT molecular complexity index is 1230. The Morgan fingerprint density at radius 3 is 2.13 bits per heavy atom. The molecule has 38 heavy (non-hydrogen) atoms. The fraction of sp³-hybridized carbons (Fsp3) is 0.375. The number of aliphatic carboxylic acids is 1. The zero-order chi connectivity index (χ0) is 27.7. The smallest absolute Gasteiger partial charge is 0.305 e. The van der Waals surface area contributed by atoms with Crippen LogP contribution in [0.1, 0.15) is 85.0 Å². The van der Waals surface area contributed by atoms with Gasteiger partial charge in [-0.05, 0) is 76.1 Å². The largest absolute Gasteiger partial charge is 0.481 e. The SMILES string of the molecule is CC(C)CC(Cc1ccc(-c2ccc(C(C)C)cc2)c(CN=O)c1)c1ccc(C(=O)NCCC(=O)O)cc1. The first-order valence-electron chi connectivity index (χ1n) is 13.3. The second kappa shape index (κ2) is 13.7. The van der Waals surface area contributed by atoms with E-state index in [-0.39, 0.29) is 31.3 Å². The molecule has 2 N–H and O–H groups in total. The van der Waals surface area contributed by atoms with Crippen LogP contribution in [0.15, 0.2) is 71.9 Å². The molecular weight excluding hydrogens is 476 g/mol. The summed E-state index contributed by atoms with van der Waals surface area (Å²) < 4.78 is 0. The molecule has 0 fully saturated rings. The van der Waals surface area contributed by atoms with E-state index in [1.165, 1.54) is 5.56 Å². The summed E-state index contributed by atoms with van der Waals surface area (Å²) in [5, 5.41) is 14.6. The van der Waals surface area contributed by atoms with E-state index in [1.807, 2.05) is 12.1 Å². The van der Waals surface area contributed by atoms with E-state index in [2.05, 4.69) is 80.7 Å². The highest BCUT2D eigenvalue weighted by Crippen LogP contribution is 2.32. The second-order valence-electron chi connectivity index (χ2n) is 10.6. The molecule has 0 saturated heterocycles. The van der Waals surface area contributed by atoms with E-state index in [1.54, 1.807) is 12.1 Å². The summed E-state index contributed by atoms with van der Waals surface area (Å²) in [5.41, 5.74) is 7.11. The minimum Gasteiger partial charge on any atom is -0.481 e. The summed E-state index contributed by atoms with van der Waals surface area (Å²) in [6.45, 7) is 8.96. The number of benzene rings is 3. The van der Waals surface area contributed by atoms with Gasteiger partial charge < -0.3 is 10.4 Å². The van der Waals surface area contributed by atoms with Crippen molar-refractivity contribution < 1.29 is 14.7 Å². The number of carbonyl (C=O) groups is 2. The molecule has 0 aliphatic heterocycles. The minimum atomic E-state index is -0.943. The van der Waals surface area contributed by atoms with Gasteiger partial charge in [0.1, 0.15) is 6.54 Å². The molecular formula is C32H38N2O4. The van der Waals surface area contributed by atoms with Crippen LogP contribution in [-0.4, -0.2) is 23.5 Å². The quantitative estimate of drug-likeness (QED) is 0.234. The van der Waals surface area contributed by atoms with Crippen LogP contribution in [0.4, 0.5) is 0 Å². The summed E-state index contributed by atoms with van der Waals surface area (Å²) in [6.07, 6.45) is 1.68. The van der Waals surface area contributed by atoms with E-state index < -0.39 is 5.97 Å². The van der Waals surface area contributed by atoms with E-state index in [0.29, 0.717) is 17.4 Å². The molecule has 3 aromatic carbocycles. The number of nitroso groups, excluding NO2 is 1. The van der Waals surface area contributed by atoms with Crippen molar-refractivity contribution in [2.24, 2.45) is 11.1 Å². The molecule has 0 aromatic heterocycles. The molecule has 0 aliphatic carbocycles. The number of nitrogens with one attached hydrogen (secondary N) is 1. The van der Waals surface area contributed by atoms with E-state index in [4.69, 9.17) is 5.11 Å². The Kier molecular flexibility index (Phi) is 10.3. The van der Waals surface area contributed by atoms with E-state index in [9.17, 15) is 14.5 Å². The van der Waals surface area contributed by atoms with Crippen LogP contribution in [0.5, 0.6) is 0 Å². The van der Waals surface area contributed by atoms with Crippen molar-refractivity contribution in [1.82, 2.24) is 5.32 Å². The maximum atomic E-state index is 12.3. The number of hydrogen-bond donors (Lipinski definition) is 2. The van der Waals surface area contributed by atoms with Gasteiger partial charge in [-0.15, -0.1) is 0 Å². The van der Waals surface area contributed by atoms with Crippen LogP contribution >= 0.6 is 0 Å². The van der Waals surface area contributed by atoms with Crippen LogP contribution < -0.4 is 5.32 Å². The number of amides is 1. The van der Waals surface area contributed by atoms with Gasteiger partial charge in [0.05, 0.1) is 6.42 Å². The van der Waals surface area contributed by atoms with Crippen molar-refractivity contribution in [3.63, 3.8) is 0 Å². The average Bonchev–Trinajstić information content (AvgIpc) is 2.88. The molecule has 3 aromatic rings.